The third-order valence-corrected chi connectivity index (χ3v) is 4.52. The molecule has 0 saturated carbocycles. The van der Waals surface area contributed by atoms with Gasteiger partial charge in [0.05, 0.1) is 9.82 Å². The maximum Gasteiger partial charge on any atom is 0.271 e. The minimum atomic E-state index is -3.64. The van der Waals surface area contributed by atoms with Crippen molar-refractivity contribution >= 4 is 33.8 Å². The number of nitro groups is 1. The molecule has 1 aliphatic rings. The van der Waals surface area contributed by atoms with E-state index in [9.17, 15) is 23.3 Å². The lowest BCUT2D eigenvalue weighted by molar-refractivity contribution is -0.385. The minimum Gasteiger partial charge on any atom is -0.348 e. The van der Waals surface area contributed by atoms with Crippen molar-refractivity contribution in [2.24, 2.45) is 0 Å². The fourth-order valence-electron chi connectivity index (χ4n) is 2.28. The predicted molar refractivity (Wildman–Crippen MR) is 86.8 cm³/mol. The third kappa shape index (κ3) is 5.15. The van der Waals surface area contributed by atoms with Gasteiger partial charge in [-0.15, -0.1) is 12.4 Å². The highest BCUT2D eigenvalue weighted by Gasteiger charge is 2.21. The number of carbonyl (C=O) groups excluding carboxylic acids is 1. The zero-order valence-electron chi connectivity index (χ0n) is 12.4. The highest BCUT2D eigenvalue weighted by atomic mass is 35.5. The molecule has 0 spiro atoms. The average molecular weight is 364 g/mol. The van der Waals surface area contributed by atoms with E-state index < -0.39 is 26.4 Å². The molecule has 0 bridgehead atoms. The molecule has 0 radical (unpaired) electrons. The first kappa shape index (κ1) is 19.3. The van der Waals surface area contributed by atoms with Crippen molar-refractivity contribution in [3.05, 3.63) is 33.9 Å². The number of sulfone groups is 1. The van der Waals surface area contributed by atoms with E-state index in [0.717, 1.165) is 43.8 Å². The Morgan fingerprint density at radius 1 is 1.39 bits per heavy atom. The van der Waals surface area contributed by atoms with Gasteiger partial charge in [-0.25, -0.2) is 8.42 Å². The molecule has 1 aromatic carbocycles. The second-order valence-electron chi connectivity index (χ2n) is 5.26. The van der Waals surface area contributed by atoms with Crippen LogP contribution < -0.4 is 10.6 Å². The third-order valence-electron chi connectivity index (χ3n) is 3.42. The van der Waals surface area contributed by atoms with Gasteiger partial charge in [-0.1, -0.05) is 0 Å². The van der Waals surface area contributed by atoms with Gasteiger partial charge < -0.3 is 10.6 Å². The first-order valence-electron chi connectivity index (χ1n) is 6.78. The molecule has 1 atom stereocenters. The monoisotopic (exact) mass is 363 g/mol. The Hall–Kier alpha value is -1.71. The molecule has 2 N–H and O–H groups in total. The number of benzene rings is 1. The van der Waals surface area contributed by atoms with E-state index in [1.165, 1.54) is 0 Å². The fraction of sp³-hybridized carbons (Fsp3) is 0.462. The molecule has 128 valence electrons. The summed E-state index contributed by atoms with van der Waals surface area (Å²) in [4.78, 5) is 22.2. The molecule has 2 rings (SSSR count). The summed E-state index contributed by atoms with van der Waals surface area (Å²) in [5, 5.41) is 16.8. The summed E-state index contributed by atoms with van der Waals surface area (Å²) < 4.78 is 23.2. The van der Waals surface area contributed by atoms with Crippen LogP contribution in [0.1, 0.15) is 23.2 Å². The maximum atomic E-state index is 12.2. The van der Waals surface area contributed by atoms with Crippen molar-refractivity contribution in [1.82, 2.24) is 10.6 Å². The van der Waals surface area contributed by atoms with Gasteiger partial charge in [0, 0.05) is 36.5 Å². The summed E-state index contributed by atoms with van der Waals surface area (Å²) in [5.74, 6) is -0.512. The van der Waals surface area contributed by atoms with Gasteiger partial charge in [0.2, 0.25) is 0 Å². The average Bonchev–Trinajstić information content (AvgIpc) is 2.46. The Morgan fingerprint density at radius 3 is 2.61 bits per heavy atom. The summed E-state index contributed by atoms with van der Waals surface area (Å²) in [7, 11) is -3.64. The zero-order chi connectivity index (χ0) is 16.3. The van der Waals surface area contributed by atoms with Crippen molar-refractivity contribution in [3.8, 4) is 0 Å². The SMILES string of the molecule is CS(=O)(=O)c1cc(C(=O)NC2CCCNC2)cc([N+](=O)[O-])c1.Cl. The molecule has 1 fully saturated rings. The van der Waals surface area contributed by atoms with E-state index in [1.54, 1.807) is 0 Å². The van der Waals surface area contributed by atoms with Crippen LogP contribution in [0.25, 0.3) is 0 Å². The van der Waals surface area contributed by atoms with Crippen LogP contribution in [0, 0.1) is 10.1 Å². The van der Waals surface area contributed by atoms with Crippen LogP contribution in [0.5, 0.6) is 0 Å². The Balaban J connectivity index is 0.00000264. The number of amides is 1. The number of hydrogen-bond donors (Lipinski definition) is 2. The molecule has 1 amide bonds. The lowest BCUT2D eigenvalue weighted by atomic mass is 10.1. The Morgan fingerprint density at radius 2 is 2.09 bits per heavy atom. The van der Waals surface area contributed by atoms with Crippen molar-refractivity contribution < 1.29 is 18.1 Å². The quantitative estimate of drug-likeness (QED) is 0.606. The van der Waals surface area contributed by atoms with E-state index in [0.29, 0.717) is 6.54 Å². The van der Waals surface area contributed by atoms with E-state index in [-0.39, 0.29) is 28.9 Å². The number of piperidine rings is 1. The number of nitrogens with zero attached hydrogens (tertiary/aromatic N) is 1. The lowest BCUT2D eigenvalue weighted by Crippen LogP contribution is -2.45. The van der Waals surface area contributed by atoms with Gasteiger partial charge in [-0.3, -0.25) is 14.9 Å². The minimum absolute atomic E-state index is 0. The molecule has 1 saturated heterocycles. The molecular formula is C13H18ClN3O5S. The highest BCUT2D eigenvalue weighted by molar-refractivity contribution is 7.90. The summed E-state index contributed by atoms with van der Waals surface area (Å²) in [5.41, 5.74) is -0.449. The van der Waals surface area contributed by atoms with Crippen molar-refractivity contribution in [3.63, 3.8) is 0 Å². The smallest absolute Gasteiger partial charge is 0.271 e. The van der Waals surface area contributed by atoms with Gasteiger partial charge in [0.1, 0.15) is 0 Å². The predicted octanol–water partition coefficient (Wildman–Crippen LogP) is 0.902. The lowest BCUT2D eigenvalue weighted by Gasteiger charge is -2.23. The van der Waals surface area contributed by atoms with Gasteiger partial charge in [-0.05, 0) is 25.5 Å². The van der Waals surface area contributed by atoms with Crippen LogP contribution in [0.4, 0.5) is 5.69 Å². The van der Waals surface area contributed by atoms with E-state index >= 15 is 0 Å². The van der Waals surface area contributed by atoms with Crippen LogP contribution in [-0.4, -0.2) is 44.6 Å². The summed E-state index contributed by atoms with van der Waals surface area (Å²) >= 11 is 0. The topological polar surface area (TPSA) is 118 Å². The van der Waals surface area contributed by atoms with Gasteiger partial charge >= 0.3 is 0 Å². The van der Waals surface area contributed by atoms with Crippen LogP contribution in [0.15, 0.2) is 23.1 Å². The van der Waals surface area contributed by atoms with Crippen molar-refractivity contribution in [2.75, 3.05) is 19.3 Å². The number of halogens is 1. The molecule has 1 aliphatic heterocycles. The summed E-state index contributed by atoms with van der Waals surface area (Å²) in [6.45, 7) is 1.51. The summed E-state index contributed by atoms with van der Waals surface area (Å²) in [6, 6.07) is 3.13. The van der Waals surface area contributed by atoms with Crippen LogP contribution in [0.2, 0.25) is 0 Å². The number of hydrogen-bond acceptors (Lipinski definition) is 6. The number of nitrogens with one attached hydrogen (secondary N) is 2. The Kier molecular flexibility index (Phi) is 6.48. The van der Waals surface area contributed by atoms with E-state index in [2.05, 4.69) is 10.6 Å². The molecule has 8 nitrogen and oxygen atoms in total. The second kappa shape index (κ2) is 7.71. The normalized spacial score (nSPS) is 17.9. The molecule has 0 aliphatic carbocycles. The fourth-order valence-corrected chi connectivity index (χ4v) is 2.95. The largest absolute Gasteiger partial charge is 0.348 e. The Labute approximate surface area is 140 Å². The Bertz CT molecular complexity index is 702. The van der Waals surface area contributed by atoms with Gasteiger partial charge in [0.25, 0.3) is 11.6 Å². The van der Waals surface area contributed by atoms with Crippen LogP contribution >= 0.6 is 12.4 Å². The zero-order valence-corrected chi connectivity index (χ0v) is 14.1. The van der Waals surface area contributed by atoms with Crippen molar-refractivity contribution in [1.29, 1.82) is 0 Å². The summed E-state index contributed by atoms with van der Waals surface area (Å²) in [6.07, 6.45) is 2.68. The number of carbonyl (C=O) groups is 1. The van der Waals surface area contributed by atoms with Crippen molar-refractivity contribution in [2.45, 2.75) is 23.8 Å². The highest BCUT2D eigenvalue weighted by Crippen LogP contribution is 2.21. The van der Waals surface area contributed by atoms with E-state index in [4.69, 9.17) is 0 Å². The first-order valence-corrected chi connectivity index (χ1v) is 8.67. The van der Waals surface area contributed by atoms with Gasteiger partial charge in [0.15, 0.2) is 9.84 Å². The molecule has 1 heterocycles. The molecule has 1 unspecified atom stereocenters. The maximum absolute atomic E-state index is 12.2. The number of non-ortho nitro benzene ring substituents is 1. The molecular weight excluding hydrogens is 346 g/mol. The first-order chi connectivity index (χ1) is 10.3. The van der Waals surface area contributed by atoms with Gasteiger partial charge in [-0.2, -0.15) is 0 Å². The second-order valence-corrected chi connectivity index (χ2v) is 7.28. The molecule has 0 aromatic heterocycles. The number of rotatable bonds is 4. The van der Waals surface area contributed by atoms with E-state index in [1.807, 2.05) is 0 Å². The van der Waals surface area contributed by atoms with Crippen LogP contribution in [0.3, 0.4) is 0 Å². The van der Waals surface area contributed by atoms with Crippen LogP contribution in [-0.2, 0) is 9.84 Å². The molecule has 23 heavy (non-hydrogen) atoms. The molecule has 10 heteroatoms. The number of nitro benzene ring substituents is 1. The molecule has 1 aromatic rings. The standard InChI is InChI=1S/C13H17N3O5S.ClH/c1-22(20,21)12-6-9(5-11(7-12)16(18)19)13(17)15-10-3-2-4-14-8-10;/h5-7,10,14H,2-4,8H2,1H3,(H,15,17);1H.